The fraction of sp³-hybridized carbons (Fsp3) is 0.182. The topological polar surface area (TPSA) is 69.9 Å². The molecule has 0 aliphatic carbocycles. The van der Waals surface area contributed by atoms with E-state index in [1.54, 1.807) is 10.9 Å². The van der Waals surface area contributed by atoms with Crippen LogP contribution in [0.3, 0.4) is 0 Å². The molecule has 0 amide bonds. The molecule has 0 atom stereocenters. The van der Waals surface area contributed by atoms with Crippen LogP contribution < -0.4 is 11.5 Å². The summed E-state index contributed by atoms with van der Waals surface area (Å²) in [6.45, 7) is 1.05. The smallest absolute Gasteiger partial charge is 0.0648 e. The summed E-state index contributed by atoms with van der Waals surface area (Å²) in [5.74, 6) is 0. The summed E-state index contributed by atoms with van der Waals surface area (Å²) in [6.07, 6.45) is 3.70. The minimum Gasteiger partial charge on any atom is -0.326 e. The molecule has 1 aromatic heterocycles. The zero-order chi connectivity index (χ0) is 10.7. The normalized spacial score (nSPS) is 10.5. The van der Waals surface area contributed by atoms with Gasteiger partial charge in [-0.15, -0.1) is 0 Å². The van der Waals surface area contributed by atoms with Gasteiger partial charge in [-0.05, 0) is 17.7 Å². The van der Waals surface area contributed by atoms with Gasteiger partial charge in [0.25, 0.3) is 0 Å². The highest BCUT2D eigenvalue weighted by Crippen LogP contribution is 2.10. The first-order chi connectivity index (χ1) is 7.33. The molecule has 2 rings (SSSR count). The zero-order valence-electron chi connectivity index (χ0n) is 8.43. The van der Waals surface area contributed by atoms with E-state index >= 15 is 0 Å². The van der Waals surface area contributed by atoms with Crippen molar-refractivity contribution in [3.05, 3.63) is 47.8 Å². The van der Waals surface area contributed by atoms with Crippen molar-refractivity contribution in [2.24, 2.45) is 11.5 Å². The summed E-state index contributed by atoms with van der Waals surface area (Å²) in [7, 11) is 0. The van der Waals surface area contributed by atoms with Crippen molar-refractivity contribution in [2.45, 2.75) is 13.1 Å². The SMILES string of the molecule is NCc1cccc(-n2cc(CN)cn2)c1. The molecular weight excluding hydrogens is 188 g/mol. The maximum absolute atomic E-state index is 5.58. The Bertz CT molecular complexity index is 447. The Morgan fingerprint density at radius 2 is 1.93 bits per heavy atom. The molecule has 0 saturated carbocycles. The molecule has 4 heteroatoms. The van der Waals surface area contributed by atoms with Gasteiger partial charge in [0.05, 0.1) is 11.9 Å². The van der Waals surface area contributed by atoms with Crippen molar-refractivity contribution in [2.75, 3.05) is 0 Å². The van der Waals surface area contributed by atoms with Gasteiger partial charge in [0.1, 0.15) is 0 Å². The third-order valence-electron chi connectivity index (χ3n) is 2.28. The fourth-order valence-corrected chi connectivity index (χ4v) is 1.43. The largest absolute Gasteiger partial charge is 0.326 e. The molecule has 0 radical (unpaired) electrons. The first kappa shape index (κ1) is 9.89. The molecule has 0 unspecified atom stereocenters. The summed E-state index contributed by atoms with van der Waals surface area (Å²) in [5, 5.41) is 4.23. The molecule has 4 nitrogen and oxygen atoms in total. The summed E-state index contributed by atoms with van der Waals surface area (Å²) < 4.78 is 1.81. The number of hydrogen-bond acceptors (Lipinski definition) is 3. The molecule has 4 N–H and O–H groups in total. The standard InChI is InChI=1S/C11H14N4/c12-5-9-2-1-3-11(4-9)15-8-10(6-13)7-14-15/h1-4,7-8H,5-6,12-13H2. The highest BCUT2D eigenvalue weighted by molar-refractivity contribution is 5.35. The van der Waals surface area contributed by atoms with Crippen LogP contribution in [0.4, 0.5) is 0 Å². The number of aromatic nitrogens is 2. The minimum atomic E-state index is 0.510. The molecule has 0 saturated heterocycles. The Morgan fingerprint density at radius 3 is 2.60 bits per heavy atom. The number of hydrogen-bond donors (Lipinski definition) is 2. The van der Waals surface area contributed by atoms with Crippen LogP contribution in [0.2, 0.25) is 0 Å². The van der Waals surface area contributed by atoms with Crippen molar-refractivity contribution in [1.29, 1.82) is 0 Å². The maximum Gasteiger partial charge on any atom is 0.0648 e. The van der Waals surface area contributed by atoms with E-state index in [0.717, 1.165) is 16.8 Å². The van der Waals surface area contributed by atoms with Crippen LogP contribution in [-0.4, -0.2) is 9.78 Å². The van der Waals surface area contributed by atoms with Crippen molar-refractivity contribution >= 4 is 0 Å². The first-order valence-corrected chi connectivity index (χ1v) is 4.86. The van der Waals surface area contributed by atoms with Crippen molar-refractivity contribution in [3.63, 3.8) is 0 Å². The third-order valence-corrected chi connectivity index (χ3v) is 2.28. The number of rotatable bonds is 3. The molecule has 0 aliphatic heterocycles. The Labute approximate surface area is 88.5 Å². The second-order valence-corrected chi connectivity index (χ2v) is 3.37. The lowest BCUT2D eigenvalue weighted by Gasteiger charge is -2.03. The Morgan fingerprint density at radius 1 is 1.13 bits per heavy atom. The van der Waals surface area contributed by atoms with Gasteiger partial charge in [-0.25, -0.2) is 4.68 Å². The van der Waals surface area contributed by atoms with E-state index in [-0.39, 0.29) is 0 Å². The van der Waals surface area contributed by atoms with Gasteiger partial charge in [0.15, 0.2) is 0 Å². The number of benzene rings is 1. The molecule has 0 fully saturated rings. The van der Waals surface area contributed by atoms with Crippen LogP contribution in [0.15, 0.2) is 36.7 Å². The highest BCUT2D eigenvalue weighted by atomic mass is 15.3. The lowest BCUT2D eigenvalue weighted by Crippen LogP contribution is -1.99. The van der Waals surface area contributed by atoms with Crippen LogP contribution >= 0.6 is 0 Å². The molecule has 15 heavy (non-hydrogen) atoms. The predicted octanol–water partition coefficient (Wildman–Crippen LogP) is 0.790. The lowest BCUT2D eigenvalue weighted by atomic mass is 10.2. The van der Waals surface area contributed by atoms with Crippen molar-refractivity contribution in [3.8, 4) is 5.69 Å². The molecule has 2 aromatic rings. The van der Waals surface area contributed by atoms with E-state index in [2.05, 4.69) is 5.10 Å². The highest BCUT2D eigenvalue weighted by Gasteiger charge is 2.00. The molecular formula is C11H14N4. The van der Waals surface area contributed by atoms with Gasteiger partial charge in [-0.3, -0.25) is 0 Å². The molecule has 78 valence electrons. The zero-order valence-corrected chi connectivity index (χ0v) is 8.43. The predicted molar refractivity (Wildman–Crippen MR) is 59.3 cm³/mol. The van der Waals surface area contributed by atoms with Gasteiger partial charge in [0.2, 0.25) is 0 Å². The van der Waals surface area contributed by atoms with E-state index < -0.39 is 0 Å². The van der Waals surface area contributed by atoms with Gasteiger partial charge in [-0.1, -0.05) is 12.1 Å². The first-order valence-electron chi connectivity index (χ1n) is 4.86. The second kappa shape index (κ2) is 4.25. The van der Waals surface area contributed by atoms with Crippen LogP contribution in [0.5, 0.6) is 0 Å². The van der Waals surface area contributed by atoms with E-state index in [4.69, 9.17) is 11.5 Å². The van der Waals surface area contributed by atoms with Crippen molar-refractivity contribution < 1.29 is 0 Å². The van der Waals surface area contributed by atoms with E-state index in [1.165, 1.54) is 0 Å². The molecule has 0 spiro atoms. The monoisotopic (exact) mass is 202 g/mol. The van der Waals surface area contributed by atoms with Crippen molar-refractivity contribution in [1.82, 2.24) is 9.78 Å². The molecule has 0 bridgehead atoms. The van der Waals surface area contributed by atoms with E-state index in [9.17, 15) is 0 Å². The average molecular weight is 202 g/mol. The van der Waals surface area contributed by atoms with Gasteiger partial charge in [-0.2, -0.15) is 5.10 Å². The van der Waals surface area contributed by atoms with Crippen LogP contribution in [-0.2, 0) is 13.1 Å². The summed E-state index contributed by atoms with van der Waals surface area (Å²) in [5.41, 5.74) is 14.2. The quantitative estimate of drug-likeness (QED) is 0.773. The maximum atomic E-state index is 5.58. The fourth-order valence-electron chi connectivity index (χ4n) is 1.43. The number of nitrogens with zero attached hydrogens (tertiary/aromatic N) is 2. The Kier molecular flexibility index (Phi) is 2.80. The second-order valence-electron chi connectivity index (χ2n) is 3.37. The lowest BCUT2D eigenvalue weighted by molar-refractivity contribution is 0.875. The molecule has 1 heterocycles. The Hall–Kier alpha value is -1.65. The Balaban J connectivity index is 2.35. The summed E-state index contributed by atoms with van der Waals surface area (Å²) >= 11 is 0. The van der Waals surface area contributed by atoms with E-state index in [0.29, 0.717) is 13.1 Å². The number of nitrogens with two attached hydrogens (primary N) is 2. The van der Waals surface area contributed by atoms with Crippen LogP contribution in [0, 0.1) is 0 Å². The van der Waals surface area contributed by atoms with E-state index in [1.807, 2.05) is 30.5 Å². The van der Waals surface area contributed by atoms with Crippen LogP contribution in [0.1, 0.15) is 11.1 Å². The van der Waals surface area contributed by atoms with Gasteiger partial charge >= 0.3 is 0 Å². The van der Waals surface area contributed by atoms with Gasteiger partial charge in [0, 0.05) is 24.8 Å². The third kappa shape index (κ3) is 2.06. The summed E-state index contributed by atoms with van der Waals surface area (Å²) in [4.78, 5) is 0. The molecule has 1 aromatic carbocycles. The minimum absolute atomic E-state index is 0.510. The average Bonchev–Trinajstić information content (AvgIpc) is 2.78. The van der Waals surface area contributed by atoms with Crippen LogP contribution in [0.25, 0.3) is 5.69 Å². The molecule has 0 aliphatic rings. The van der Waals surface area contributed by atoms with Gasteiger partial charge < -0.3 is 11.5 Å². The summed E-state index contributed by atoms with van der Waals surface area (Å²) in [6, 6.07) is 7.98.